The van der Waals surface area contributed by atoms with Crippen molar-refractivity contribution in [2.75, 3.05) is 26.2 Å². The van der Waals surface area contributed by atoms with Crippen molar-refractivity contribution in [2.45, 2.75) is 19.9 Å². The zero-order chi connectivity index (χ0) is 13.0. The van der Waals surface area contributed by atoms with E-state index in [0.717, 1.165) is 49.7 Å². The fourth-order valence-corrected chi connectivity index (χ4v) is 2.51. The van der Waals surface area contributed by atoms with Crippen LogP contribution >= 0.6 is 11.6 Å². The van der Waals surface area contributed by atoms with Crippen LogP contribution in [-0.2, 0) is 11.3 Å². The molecule has 18 heavy (non-hydrogen) atoms. The van der Waals surface area contributed by atoms with Gasteiger partial charge >= 0.3 is 0 Å². The second-order valence-electron chi connectivity index (χ2n) is 4.73. The third kappa shape index (κ3) is 3.47. The Morgan fingerprint density at radius 3 is 2.72 bits per heavy atom. The van der Waals surface area contributed by atoms with Crippen molar-refractivity contribution >= 4 is 17.5 Å². The highest BCUT2D eigenvalue weighted by Crippen LogP contribution is 2.17. The van der Waals surface area contributed by atoms with Crippen LogP contribution in [0.15, 0.2) is 24.3 Å². The normalized spacial score (nSPS) is 17.6. The summed E-state index contributed by atoms with van der Waals surface area (Å²) in [6.07, 6.45) is 1.03. The molecule has 3 nitrogen and oxygen atoms in total. The molecule has 1 heterocycles. The minimum Gasteiger partial charge on any atom is -0.342 e. The van der Waals surface area contributed by atoms with Crippen LogP contribution in [0.3, 0.4) is 0 Å². The van der Waals surface area contributed by atoms with Crippen LogP contribution in [0.4, 0.5) is 0 Å². The van der Waals surface area contributed by atoms with E-state index in [0.29, 0.717) is 0 Å². The van der Waals surface area contributed by atoms with E-state index in [2.05, 4.69) is 11.0 Å². The summed E-state index contributed by atoms with van der Waals surface area (Å²) in [6.45, 7) is 6.14. The van der Waals surface area contributed by atoms with E-state index >= 15 is 0 Å². The molecule has 1 amide bonds. The Balaban J connectivity index is 1.95. The van der Waals surface area contributed by atoms with Crippen LogP contribution in [0.5, 0.6) is 0 Å². The number of carbonyl (C=O) groups is 1. The van der Waals surface area contributed by atoms with Crippen LogP contribution in [0.2, 0.25) is 5.02 Å². The third-order valence-corrected chi connectivity index (χ3v) is 3.75. The first-order chi connectivity index (χ1) is 8.66. The Kier molecular flexibility index (Phi) is 4.61. The molecule has 1 saturated heterocycles. The maximum atomic E-state index is 11.4. The molecule has 4 heteroatoms. The zero-order valence-corrected chi connectivity index (χ0v) is 11.5. The SMILES string of the molecule is CC(=O)N1CCCN(Cc2ccccc2Cl)CC1. The second kappa shape index (κ2) is 6.21. The molecule has 0 saturated carbocycles. The highest BCUT2D eigenvalue weighted by molar-refractivity contribution is 6.31. The van der Waals surface area contributed by atoms with Crippen LogP contribution in [-0.4, -0.2) is 41.9 Å². The van der Waals surface area contributed by atoms with Gasteiger partial charge in [0, 0.05) is 44.7 Å². The Morgan fingerprint density at radius 1 is 1.22 bits per heavy atom. The molecular formula is C14H19ClN2O. The minimum atomic E-state index is 0.176. The number of amides is 1. The van der Waals surface area contributed by atoms with Gasteiger partial charge in [0.2, 0.25) is 5.91 Å². The smallest absolute Gasteiger partial charge is 0.219 e. The Morgan fingerprint density at radius 2 is 2.00 bits per heavy atom. The summed E-state index contributed by atoms with van der Waals surface area (Å²) in [6, 6.07) is 7.96. The summed E-state index contributed by atoms with van der Waals surface area (Å²) in [4.78, 5) is 15.6. The maximum Gasteiger partial charge on any atom is 0.219 e. The highest BCUT2D eigenvalue weighted by atomic mass is 35.5. The largest absolute Gasteiger partial charge is 0.342 e. The van der Waals surface area contributed by atoms with Crippen molar-refractivity contribution in [1.29, 1.82) is 0 Å². The Labute approximate surface area is 113 Å². The average molecular weight is 267 g/mol. The van der Waals surface area contributed by atoms with Crippen LogP contribution in [0.1, 0.15) is 18.9 Å². The van der Waals surface area contributed by atoms with Gasteiger partial charge in [-0.05, 0) is 18.1 Å². The summed E-state index contributed by atoms with van der Waals surface area (Å²) in [5, 5.41) is 0.824. The lowest BCUT2D eigenvalue weighted by Crippen LogP contribution is -2.33. The minimum absolute atomic E-state index is 0.176. The molecule has 2 rings (SSSR count). The van der Waals surface area contributed by atoms with E-state index in [1.807, 2.05) is 23.1 Å². The van der Waals surface area contributed by atoms with Gasteiger partial charge in [-0.2, -0.15) is 0 Å². The number of rotatable bonds is 2. The van der Waals surface area contributed by atoms with Gasteiger partial charge in [-0.15, -0.1) is 0 Å². The molecule has 1 aromatic carbocycles. The van der Waals surface area contributed by atoms with Gasteiger partial charge in [0.15, 0.2) is 0 Å². The van der Waals surface area contributed by atoms with E-state index in [9.17, 15) is 4.79 Å². The molecule has 1 aliphatic heterocycles. The summed E-state index contributed by atoms with van der Waals surface area (Å²) < 4.78 is 0. The number of nitrogens with zero attached hydrogens (tertiary/aromatic N) is 2. The van der Waals surface area contributed by atoms with Crippen molar-refractivity contribution in [2.24, 2.45) is 0 Å². The van der Waals surface area contributed by atoms with Crippen molar-refractivity contribution in [3.05, 3.63) is 34.9 Å². The van der Waals surface area contributed by atoms with Crippen molar-refractivity contribution in [3.63, 3.8) is 0 Å². The molecule has 0 atom stereocenters. The number of benzene rings is 1. The van der Waals surface area contributed by atoms with Crippen molar-refractivity contribution in [1.82, 2.24) is 9.80 Å². The molecular weight excluding hydrogens is 248 g/mol. The molecule has 98 valence electrons. The van der Waals surface area contributed by atoms with Crippen molar-refractivity contribution in [3.8, 4) is 0 Å². The zero-order valence-electron chi connectivity index (χ0n) is 10.7. The number of halogens is 1. The monoisotopic (exact) mass is 266 g/mol. The Bertz CT molecular complexity index is 422. The van der Waals surface area contributed by atoms with E-state index < -0.39 is 0 Å². The Hall–Kier alpha value is -1.06. The lowest BCUT2D eigenvalue weighted by Gasteiger charge is -2.21. The first-order valence-corrected chi connectivity index (χ1v) is 6.76. The lowest BCUT2D eigenvalue weighted by molar-refractivity contribution is -0.128. The number of carbonyl (C=O) groups excluding carboxylic acids is 1. The molecule has 1 aliphatic rings. The van der Waals surface area contributed by atoms with Gasteiger partial charge in [-0.25, -0.2) is 0 Å². The molecule has 0 bridgehead atoms. The topological polar surface area (TPSA) is 23.6 Å². The highest BCUT2D eigenvalue weighted by Gasteiger charge is 2.16. The van der Waals surface area contributed by atoms with Crippen LogP contribution < -0.4 is 0 Å². The standard InChI is InChI=1S/C14H19ClN2O/c1-12(18)17-8-4-7-16(9-10-17)11-13-5-2-3-6-14(13)15/h2-3,5-6H,4,7-11H2,1H3. The predicted octanol–water partition coefficient (Wildman–Crippen LogP) is 2.39. The number of hydrogen-bond donors (Lipinski definition) is 0. The first-order valence-electron chi connectivity index (χ1n) is 6.38. The lowest BCUT2D eigenvalue weighted by atomic mass is 10.2. The van der Waals surface area contributed by atoms with Crippen LogP contribution in [0.25, 0.3) is 0 Å². The fourth-order valence-electron chi connectivity index (χ4n) is 2.31. The molecule has 0 radical (unpaired) electrons. The van der Waals surface area contributed by atoms with Gasteiger partial charge in [-0.1, -0.05) is 29.8 Å². The molecule has 1 fully saturated rings. The molecule has 0 aromatic heterocycles. The molecule has 0 aliphatic carbocycles. The first kappa shape index (κ1) is 13.4. The fraction of sp³-hybridized carbons (Fsp3) is 0.500. The third-order valence-electron chi connectivity index (χ3n) is 3.39. The summed E-state index contributed by atoms with van der Waals surface area (Å²) in [7, 11) is 0. The molecule has 0 N–H and O–H groups in total. The molecule has 1 aromatic rings. The summed E-state index contributed by atoms with van der Waals surface area (Å²) in [5.74, 6) is 0.176. The second-order valence-corrected chi connectivity index (χ2v) is 5.13. The molecule has 0 unspecified atom stereocenters. The summed E-state index contributed by atoms with van der Waals surface area (Å²) >= 11 is 6.17. The number of hydrogen-bond acceptors (Lipinski definition) is 2. The van der Waals surface area contributed by atoms with Crippen molar-refractivity contribution < 1.29 is 4.79 Å². The predicted molar refractivity (Wildman–Crippen MR) is 73.6 cm³/mol. The van der Waals surface area contributed by atoms with Crippen LogP contribution in [0, 0.1) is 0 Å². The quantitative estimate of drug-likeness (QED) is 0.821. The van der Waals surface area contributed by atoms with E-state index in [1.54, 1.807) is 6.92 Å². The summed E-state index contributed by atoms with van der Waals surface area (Å²) in [5.41, 5.74) is 1.16. The van der Waals surface area contributed by atoms with Gasteiger partial charge in [0.05, 0.1) is 0 Å². The van der Waals surface area contributed by atoms with E-state index in [4.69, 9.17) is 11.6 Å². The maximum absolute atomic E-state index is 11.4. The van der Waals surface area contributed by atoms with E-state index in [-0.39, 0.29) is 5.91 Å². The average Bonchev–Trinajstić information content (AvgIpc) is 2.58. The van der Waals surface area contributed by atoms with Gasteiger partial charge in [0.1, 0.15) is 0 Å². The van der Waals surface area contributed by atoms with Gasteiger partial charge in [-0.3, -0.25) is 9.69 Å². The van der Waals surface area contributed by atoms with Gasteiger partial charge in [0.25, 0.3) is 0 Å². The molecule has 0 spiro atoms. The van der Waals surface area contributed by atoms with E-state index in [1.165, 1.54) is 0 Å². The van der Waals surface area contributed by atoms with Gasteiger partial charge < -0.3 is 4.90 Å².